The van der Waals surface area contributed by atoms with Crippen LogP contribution in [0.15, 0.2) is 24.3 Å². The van der Waals surface area contributed by atoms with Crippen molar-refractivity contribution in [1.29, 1.82) is 0 Å². The minimum atomic E-state index is -0.153. The first-order chi connectivity index (χ1) is 8.69. The van der Waals surface area contributed by atoms with Crippen LogP contribution < -0.4 is 5.32 Å². The molecule has 1 atom stereocenters. The molecule has 1 aromatic carbocycles. The second-order valence-corrected chi connectivity index (χ2v) is 5.64. The van der Waals surface area contributed by atoms with Gasteiger partial charge in [0.15, 0.2) is 0 Å². The summed E-state index contributed by atoms with van der Waals surface area (Å²) < 4.78 is 12.9. The average molecular weight is 249 g/mol. The Morgan fingerprint density at radius 3 is 2.33 bits per heavy atom. The van der Waals surface area contributed by atoms with Crippen molar-refractivity contribution in [3.05, 3.63) is 35.6 Å². The molecule has 1 fully saturated rings. The molecular formula is C16H24FN. The van der Waals surface area contributed by atoms with E-state index in [4.69, 9.17) is 0 Å². The monoisotopic (exact) mass is 249 g/mol. The minimum Gasteiger partial charge on any atom is -0.307 e. The molecule has 0 aromatic heterocycles. The average Bonchev–Trinajstić information content (AvgIpc) is 2.39. The molecule has 1 saturated carbocycles. The summed E-state index contributed by atoms with van der Waals surface area (Å²) in [5.74, 6) is 0.731. The number of benzene rings is 1. The van der Waals surface area contributed by atoms with Crippen molar-refractivity contribution in [3.8, 4) is 0 Å². The third-order valence-corrected chi connectivity index (χ3v) is 4.13. The highest BCUT2D eigenvalue weighted by Gasteiger charge is 2.20. The van der Waals surface area contributed by atoms with E-state index in [0.29, 0.717) is 12.1 Å². The molecule has 1 aromatic rings. The molecule has 0 heterocycles. The van der Waals surface area contributed by atoms with E-state index >= 15 is 0 Å². The molecule has 2 heteroatoms. The number of hydrogen-bond donors (Lipinski definition) is 1. The van der Waals surface area contributed by atoms with Gasteiger partial charge in [0.2, 0.25) is 0 Å². The summed E-state index contributed by atoms with van der Waals surface area (Å²) >= 11 is 0. The Hall–Kier alpha value is -0.890. The van der Waals surface area contributed by atoms with Crippen molar-refractivity contribution < 1.29 is 4.39 Å². The molecule has 0 bridgehead atoms. The molecule has 0 spiro atoms. The van der Waals surface area contributed by atoms with Gasteiger partial charge in [-0.2, -0.15) is 0 Å². The molecule has 0 aliphatic heterocycles. The van der Waals surface area contributed by atoms with Gasteiger partial charge in [-0.15, -0.1) is 0 Å². The van der Waals surface area contributed by atoms with Crippen molar-refractivity contribution in [2.75, 3.05) is 0 Å². The molecule has 1 N–H and O–H groups in total. The highest BCUT2D eigenvalue weighted by Crippen LogP contribution is 2.26. The van der Waals surface area contributed by atoms with Gasteiger partial charge in [0.05, 0.1) is 0 Å². The normalized spacial score (nSPS) is 25.9. The van der Waals surface area contributed by atoms with Crippen LogP contribution in [-0.2, 0) is 0 Å². The molecule has 2 rings (SSSR count). The van der Waals surface area contributed by atoms with Gasteiger partial charge in [-0.05, 0) is 55.7 Å². The topological polar surface area (TPSA) is 12.0 Å². The van der Waals surface area contributed by atoms with Crippen LogP contribution in [0.3, 0.4) is 0 Å². The van der Waals surface area contributed by atoms with Crippen LogP contribution in [0, 0.1) is 11.7 Å². The second-order valence-electron chi connectivity index (χ2n) is 5.64. The van der Waals surface area contributed by atoms with Crippen LogP contribution in [0.1, 0.15) is 57.6 Å². The quantitative estimate of drug-likeness (QED) is 0.831. The number of hydrogen-bond acceptors (Lipinski definition) is 1. The van der Waals surface area contributed by atoms with Crippen molar-refractivity contribution in [2.24, 2.45) is 5.92 Å². The van der Waals surface area contributed by atoms with E-state index in [2.05, 4.69) is 19.2 Å². The fourth-order valence-corrected chi connectivity index (χ4v) is 2.86. The molecule has 18 heavy (non-hydrogen) atoms. The molecule has 0 radical (unpaired) electrons. The van der Waals surface area contributed by atoms with E-state index in [1.165, 1.54) is 31.2 Å². The largest absolute Gasteiger partial charge is 0.307 e. The molecule has 1 unspecified atom stereocenters. The highest BCUT2D eigenvalue weighted by molar-refractivity contribution is 5.20. The molecule has 1 aliphatic rings. The predicted molar refractivity (Wildman–Crippen MR) is 74.0 cm³/mol. The molecule has 0 amide bonds. The molecular weight excluding hydrogens is 225 g/mol. The summed E-state index contributed by atoms with van der Waals surface area (Å²) in [7, 11) is 0. The minimum absolute atomic E-state index is 0.153. The fraction of sp³-hybridized carbons (Fsp3) is 0.625. The Bertz CT molecular complexity index is 352. The third-order valence-electron chi connectivity index (χ3n) is 4.13. The molecule has 1 nitrogen and oxygen atoms in total. The Morgan fingerprint density at radius 1 is 1.17 bits per heavy atom. The van der Waals surface area contributed by atoms with Gasteiger partial charge >= 0.3 is 0 Å². The number of nitrogens with one attached hydrogen (secondary N) is 1. The van der Waals surface area contributed by atoms with Crippen molar-refractivity contribution >= 4 is 0 Å². The molecule has 100 valence electrons. The summed E-state index contributed by atoms with van der Waals surface area (Å²) in [6.45, 7) is 4.53. The fourth-order valence-electron chi connectivity index (χ4n) is 2.86. The van der Waals surface area contributed by atoms with Gasteiger partial charge in [0.25, 0.3) is 0 Å². The summed E-state index contributed by atoms with van der Waals surface area (Å²) in [6.07, 6.45) is 6.27. The van der Waals surface area contributed by atoms with Crippen LogP contribution >= 0.6 is 0 Å². The van der Waals surface area contributed by atoms with Crippen LogP contribution in [0.5, 0.6) is 0 Å². The summed E-state index contributed by atoms with van der Waals surface area (Å²) in [6, 6.07) is 7.93. The Kier molecular flexibility index (Phi) is 4.76. The van der Waals surface area contributed by atoms with E-state index in [9.17, 15) is 4.39 Å². The smallest absolute Gasteiger partial charge is 0.123 e. The summed E-state index contributed by atoms with van der Waals surface area (Å²) in [5.41, 5.74) is 1.21. The Labute approximate surface area is 110 Å². The Balaban J connectivity index is 1.94. The zero-order valence-corrected chi connectivity index (χ0v) is 11.5. The number of halogens is 1. The zero-order valence-electron chi connectivity index (χ0n) is 11.5. The molecule has 0 saturated heterocycles. The lowest BCUT2D eigenvalue weighted by molar-refractivity contribution is 0.284. The zero-order chi connectivity index (χ0) is 13.0. The lowest BCUT2D eigenvalue weighted by Gasteiger charge is -2.31. The first-order valence-corrected chi connectivity index (χ1v) is 7.20. The van der Waals surface area contributed by atoms with Crippen molar-refractivity contribution in [1.82, 2.24) is 5.32 Å². The van der Waals surface area contributed by atoms with Crippen LogP contribution in [0.25, 0.3) is 0 Å². The van der Waals surface area contributed by atoms with Crippen molar-refractivity contribution in [2.45, 2.75) is 58.0 Å². The summed E-state index contributed by atoms with van der Waals surface area (Å²) in [4.78, 5) is 0. The van der Waals surface area contributed by atoms with Crippen LogP contribution in [-0.4, -0.2) is 6.04 Å². The first-order valence-electron chi connectivity index (χ1n) is 7.20. The standard InChI is InChI=1S/C16H24FN/c1-3-16(13-6-8-14(17)9-7-13)18-15-10-4-12(2)5-11-15/h6-9,12,15-16,18H,3-5,10-11H2,1-2H3. The SMILES string of the molecule is CCC(NC1CCC(C)CC1)c1ccc(F)cc1. The van der Waals surface area contributed by atoms with E-state index in [-0.39, 0.29) is 5.82 Å². The lowest BCUT2D eigenvalue weighted by atomic mass is 9.86. The summed E-state index contributed by atoms with van der Waals surface area (Å²) in [5, 5.41) is 3.74. The van der Waals surface area contributed by atoms with Gasteiger partial charge in [0, 0.05) is 12.1 Å². The van der Waals surface area contributed by atoms with Gasteiger partial charge in [-0.3, -0.25) is 0 Å². The maximum Gasteiger partial charge on any atom is 0.123 e. The highest BCUT2D eigenvalue weighted by atomic mass is 19.1. The van der Waals surface area contributed by atoms with Crippen LogP contribution in [0.4, 0.5) is 4.39 Å². The Morgan fingerprint density at radius 2 is 1.78 bits per heavy atom. The van der Waals surface area contributed by atoms with Gasteiger partial charge in [0.1, 0.15) is 5.82 Å². The van der Waals surface area contributed by atoms with E-state index in [0.717, 1.165) is 12.3 Å². The van der Waals surface area contributed by atoms with Gasteiger partial charge in [-0.25, -0.2) is 4.39 Å². The third kappa shape index (κ3) is 3.55. The predicted octanol–water partition coefficient (Wildman–Crippen LogP) is 4.45. The second kappa shape index (κ2) is 6.33. The van der Waals surface area contributed by atoms with E-state index in [1.54, 1.807) is 12.1 Å². The van der Waals surface area contributed by atoms with E-state index in [1.807, 2.05) is 12.1 Å². The number of rotatable bonds is 4. The van der Waals surface area contributed by atoms with Gasteiger partial charge < -0.3 is 5.32 Å². The molecule has 1 aliphatic carbocycles. The van der Waals surface area contributed by atoms with E-state index < -0.39 is 0 Å². The lowest BCUT2D eigenvalue weighted by Crippen LogP contribution is -2.35. The van der Waals surface area contributed by atoms with Crippen molar-refractivity contribution in [3.63, 3.8) is 0 Å². The first kappa shape index (κ1) is 13.5. The maximum atomic E-state index is 12.9. The van der Waals surface area contributed by atoms with Gasteiger partial charge in [-0.1, -0.05) is 26.0 Å². The van der Waals surface area contributed by atoms with Crippen LogP contribution in [0.2, 0.25) is 0 Å². The maximum absolute atomic E-state index is 12.9.